The Morgan fingerprint density at radius 1 is 1.13 bits per heavy atom. The molecule has 0 aromatic heterocycles. The Hall–Kier alpha value is -2.51. The van der Waals surface area contributed by atoms with E-state index in [-0.39, 0.29) is 11.8 Å². The van der Waals surface area contributed by atoms with Crippen LogP contribution in [-0.4, -0.2) is 73.5 Å². The fourth-order valence-corrected chi connectivity index (χ4v) is 4.45. The van der Waals surface area contributed by atoms with E-state index in [1.807, 2.05) is 58.9 Å². The number of hydrogen-bond donors (Lipinski definition) is 1. The normalized spacial score (nSPS) is 13.8. The van der Waals surface area contributed by atoms with Crippen molar-refractivity contribution in [1.29, 1.82) is 0 Å². The van der Waals surface area contributed by atoms with E-state index < -0.39 is 0 Å². The second-order valence-electron chi connectivity index (χ2n) is 7.72. The predicted molar refractivity (Wildman–Crippen MR) is 127 cm³/mol. The first-order chi connectivity index (χ1) is 15.0. The third kappa shape index (κ3) is 7.29. The monoisotopic (exact) mass is 441 g/mol. The van der Waals surface area contributed by atoms with Gasteiger partial charge < -0.3 is 15.0 Å². The van der Waals surface area contributed by atoms with Crippen LogP contribution in [0.5, 0.6) is 5.75 Å². The van der Waals surface area contributed by atoms with Crippen molar-refractivity contribution in [2.45, 2.75) is 12.8 Å². The van der Waals surface area contributed by atoms with Gasteiger partial charge in [0.05, 0.1) is 13.7 Å². The molecule has 2 aromatic carbocycles. The van der Waals surface area contributed by atoms with Crippen LogP contribution in [-0.2, 0) is 11.2 Å². The van der Waals surface area contributed by atoms with Crippen molar-refractivity contribution in [1.82, 2.24) is 9.80 Å². The van der Waals surface area contributed by atoms with Crippen molar-refractivity contribution in [3.8, 4) is 5.75 Å². The molecule has 1 saturated heterocycles. The number of nitrogens with one attached hydrogen (secondary N) is 1. The Morgan fingerprint density at radius 2 is 1.87 bits per heavy atom. The van der Waals surface area contributed by atoms with Crippen molar-refractivity contribution in [3.05, 3.63) is 59.7 Å². The van der Waals surface area contributed by atoms with Crippen LogP contribution in [0.15, 0.2) is 48.5 Å². The standard InChI is InChI=1S/C24H31N3O3S/c1-26(12-4-5-19-8-10-22(30-2)11-9-19)18-23(28)25-21-7-3-6-20(17-21)24(29)27-13-15-31-16-14-27/h3,6-11,17H,4-5,12-16,18H2,1-2H3,(H,25,28). The second kappa shape index (κ2) is 11.8. The number of benzene rings is 2. The molecule has 1 fully saturated rings. The smallest absolute Gasteiger partial charge is 0.253 e. The number of carbonyl (C=O) groups excluding carboxylic acids is 2. The number of aryl methyl sites for hydroxylation is 1. The van der Waals surface area contributed by atoms with Crippen LogP contribution >= 0.6 is 11.8 Å². The molecule has 0 unspecified atom stereocenters. The summed E-state index contributed by atoms with van der Waals surface area (Å²) in [5.74, 6) is 2.77. The number of rotatable bonds is 9. The Balaban J connectivity index is 1.43. The molecule has 1 heterocycles. The summed E-state index contributed by atoms with van der Waals surface area (Å²) < 4.78 is 5.18. The van der Waals surface area contributed by atoms with Crippen molar-refractivity contribution in [2.24, 2.45) is 0 Å². The lowest BCUT2D eigenvalue weighted by Crippen LogP contribution is -2.37. The fourth-order valence-electron chi connectivity index (χ4n) is 3.55. The Bertz CT molecular complexity index is 867. The molecule has 31 heavy (non-hydrogen) atoms. The lowest BCUT2D eigenvalue weighted by molar-refractivity contribution is -0.117. The summed E-state index contributed by atoms with van der Waals surface area (Å²) in [4.78, 5) is 29.0. The molecule has 0 saturated carbocycles. The molecular weight excluding hydrogens is 410 g/mol. The third-order valence-corrected chi connectivity index (χ3v) is 6.21. The van der Waals surface area contributed by atoms with E-state index in [4.69, 9.17) is 4.74 Å². The summed E-state index contributed by atoms with van der Waals surface area (Å²) in [6, 6.07) is 15.3. The van der Waals surface area contributed by atoms with Crippen LogP contribution in [0.3, 0.4) is 0 Å². The summed E-state index contributed by atoms with van der Waals surface area (Å²) in [5.41, 5.74) is 2.54. The van der Waals surface area contributed by atoms with Gasteiger partial charge >= 0.3 is 0 Å². The highest BCUT2D eigenvalue weighted by Crippen LogP contribution is 2.16. The molecule has 2 aromatic rings. The van der Waals surface area contributed by atoms with E-state index in [0.29, 0.717) is 17.8 Å². The van der Waals surface area contributed by atoms with Gasteiger partial charge in [0.25, 0.3) is 5.91 Å². The van der Waals surface area contributed by atoms with Gasteiger partial charge in [-0.05, 0) is 62.3 Å². The minimum atomic E-state index is -0.0779. The minimum Gasteiger partial charge on any atom is -0.497 e. The number of thioether (sulfide) groups is 1. The maximum Gasteiger partial charge on any atom is 0.253 e. The van der Waals surface area contributed by atoms with Gasteiger partial charge in [-0.15, -0.1) is 0 Å². The molecule has 3 rings (SSSR count). The Kier molecular flexibility index (Phi) is 8.79. The van der Waals surface area contributed by atoms with Gasteiger partial charge in [-0.1, -0.05) is 18.2 Å². The number of methoxy groups -OCH3 is 1. The summed E-state index contributed by atoms with van der Waals surface area (Å²) in [6.45, 7) is 2.69. The largest absolute Gasteiger partial charge is 0.497 e. The highest BCUT2D eigenvalue weighted by Gasteiger charge is 2.18. The topological polar surface area (TPSA) is 61.9 Å². The highest BCUT2D eigenvalue weighted by molar-refractivity contribution is 7.99. The number of anilines is 1. The molecule has 1 aliphatic rings. The summed E-state index contributed by atoms with van der Waals surface area (Å²) in [7, 11) is 3.61. The molecule has 0 spiro atoms. The minimum absolute atomic E-state index is 0.0343. The van der Waals surface area contributed by atoms with E-state index in [0.717, 1.165) is 49.7 Å². The first-order valence-corrected chi connectivity index (χ1v) is 11.8. The predicted octanol–water partition coefficient (Wildman–Crippen LogP) is 3.39. The van der Waals surface area contributed by atoms with E-state index in [9.17, 15) is 9.59 Å². The SMILES string of the molecule is COc1ccc(CCCN(C)CC(=O)Nc2cccc(C(=O)N3CCSCC3)c2)cc1. The molecule has 1 aliphatic heterocycles. The number of nitrogens with zero attached hydrogens (tertiary/aromatic N) is 2. The second-order valence-corrected chi connectivity index (χ2v) is 8.95. The molecule has 7 heteroatoms. The van der Waals surface area contributed by atoms with Gasteiger partial charge in [-0.2, -0.15) is 11.8 Å². The molecule has 0 atom stereocenters. The van der Waals surface area contributed by atoms with Crippen molar-refractivity contribution in [3.63, 3.8) is 0 Å². The van der Waals surface area contributed by atoms with Crippen LogP contribution in [0.1, 0.15) is 22.3 Å². The number of hydrogen-bond acceptors (Lipinski definition) is 5. The zero-order chi connectivity index (χ0) is 22.1. The molecule has 0 radical (unpaired) electrons. The average molecular weight is 442 g/mol. The number of likely N-dealkylation sites (N-methyl/N-ethyl adjacent to an activating group) is 1. The third-order valence-electron chi connectivity index (χ3n) is 5.27. The van der Waals surface area contributed by atoms with Crippen molar-refractivity contribution >= 4 is 29.3 Å². The number of carbonyl (C=O) groups is 2. The number of amides is 2. The van der Waals surface area contributed by atoms with Crippen LogP contribution in [0.2, 0.25) is 0 Å². The molecule has 0 aliphatic carbocycles. The Morgan fingerprint density at radius 3 is 2.58 bits per heavy atom. The number of ether oxygens (including phenoxy) is 1. The van der Waals surface area contributed by atoms with Crippen LogP contribution < -0.4 is 10.1 Å². The molecule has 2 amide bonds. The molecule has 166 valence electrons. The molecular formula is C24H31N3O3S. The molecule has 0 bridgehead atoms. The fraction of sp³-hybridized carbons (Fsp3) is 0.417. The average Bonchev–Trinajstić information content (AvgIpc) is 2.79. The molecule has 1 N–H and O–H groups in total. The lowest BCUT2D eigenvalue weighted by atomic mass is 10.1. The first-order valence-electron chi connectivity index (χ1n) is 10.6. The van der Waals surface area contributed by atoms with E-state index in [1.54, 1.807) is 13.2 Å². The summed E-state index contributed by atoms with van der Waals surface area (Å²) >= 11 is 1.87. The van der Waals surface area contributed by atoms with Crippen LogP contribution in [0, 0.1) is 0 Å². The van der Waals surface area contributed by atoms with Gasteiger partial charge in [0.1, 0.15) is 5.75 Å². The molecule has 6 nitrogen and oxygen atoms in total. The first kappa shape index (κ1) is 23.2. The summed E-state index contributed by atoms with van der Waals surface area (Å²) in [6.07, 6.45) is 1.92. The van der Waals surface area contributed by atoms with Crippen LogP contribution in [0.25, 0.3) is 0 Å². The van der Waals surface area contributed by atoms with E-state index >= 15 is 0 Å². The Labute approximate surface area is 188 Å². The van der Waals surface area contributed by atoms with Crippen LogP contribution in [0.4, 0.5) is 5.69 Å². The zero-order valence-electron chi connectivity index (χ0n) is 18.3. The van der Waals surface area contributed by atoms with Gasteiger partial charge in [0, 0.05) is 35.8 Å². The highest BCUT2D eigenvalue weighted by atomic mass is 32.2. The summed E-state index contributed by atoms with van der Waals surface area (Å²) in [5, 5.41) is 2.92. The van der Waals surface area contributed by atoms with Gasteiger partial charge in [0.2, 0.25) is 5.91 Å². The van der Waals surface area contributed by atoms with Gasteiger partial charge in [0.15, 0.2) is 0 Å². The quantitative estimate of drug-likeness (QED) is 0.646. The maximum absolute atomic E-state index is 12.7. The van der Waals surface area contributed by atoms with Gasteiger partial charge in [-0.3, -0.25) is 14.5 Å². The van der Waals surface area contributed by atoms with Crippen molar-refractivity contribution in [2.75, 3.05) is 57.2 Å². The maximum atomic E-state index is 12.7. The van der Waals surface area contributed by atoms with Gasteiger partial charge in [-0.25, -0.2) is 0 Å². The van der Waals surface area contributed by atoms with Crippen molar-refractivity contribution < 1.29 is 14.3 Å². The lowest BCUT2D eigenvalue weighted by Gasteiger charge is -2.26. The zero-order valence-corrected chi connectivity index (χ0v) is 19.1. The van der Waals surface area contributed by atoms with E-state index in [2.05, 4.69) is 17.4 Å². The van der Waals surface area contributed by atoms with E-state index in [1.165, 1.54) is 5.56 Å².